The number of carbonyl (C=O) groups is 2. The van der Waals surface area contributed by atoms with Crippen molar-refractivity contribution in [3.05, 3.63) is 94.6 Å². The molecule has 1 atom stereocenters. The summed E-state index contributed by atoms with van der Waals surface area (Å²) < 4.78 is 49.9. The monoisotopic (exact) mass is 497 g/mol. The highest BCUT2D eigenvalue weighted by Crippen LogP contribution is 2.44. The van der Waals surface area contributed by atoms with E-state index in [9.17, 15) is 27.9 Å². The Morgan fingerprint density at radius 3 is 2.22 bits per heavy atom. The standard InChI is InChI=1S/C27H22F3NO5/c1-15-5-4-6-16(13-15)23-22(24(32)20-12-11-19(35-2)14-21(20)36-3)25(33)26(34)31(23)18-9-7-17(8-10-18)27(28,29)30/h4-14,23,32H,1-3H3/b24-22-. The molecule has 1 N–H and O–H groups in total. The van der Waals surface area contributed by atoms with Gasteiger partial charge in [-0.25, -0.2) is 0 Å². The van der Waals surface area contributed by atoms with Crippen LogP contribution in [0.3, 0.4) is 0 Å². The van der Waals surface area contributed by atoms with Gasteiger partial charge in [0, 0.05) is 11.8 Å². The molecule has 36 heavy (non-hydrogen) atoms. The van der Waals surface area contributed by atoms with Gasteiger partial charge in [0.1, 0.15) is 17.3 Å². The number of ketones is 1. The number of ether oxygens (including phenoxy) is 2. The number of nitrogens with zero attached hydrogens (tertiary/aromatic N) is 1. The van der Waals surface area contributed by atoms with Crippen LogP contribution in [0.15, 0.2) is 72.3 Å². The second-order valence-corrected chi connectivity index (χ2v) is 8.19. The number of carbonyl (C=O) groups excluding carboxylic acids is 2. The number of aliphatic hydroxyl groups is 1. The molecule has 6 nitrogen and oxygen atoms in total. The third kappa shape index (κ3) is 4.39. The normalized spacial score (nSPS) is 17.4. The van der Waals surface area contributed by atoms with Crippen molar-refractivity contribution in [1.82, 2.24) is 0 Å². The van der Waals surface area contributed by atoms with Gasteiger partial charge in [-0.3, -0.25) is 14.5 Å². The van der Waals surface area contributed by atoms with E-state index in [0.29, 0.717) is 11.3 Å². The number of Topliss-reactive ketones (excluding diaryl/α,β-unsaturated/α-hetero) is 1. The van der Waals surface area contributed by atoms with Gasteiger partial charge in [-0.15, -0.1) is 0 Å². The summed E-state index contributed by atoms with van der Waals surface area (Å²) in [5.74, 6) is -1.78. The molecule has 0 saturated carbocycles. The van der Waals surface area contributed by atoms with Crippen LogP contribution in [-0.4, -0.2) is 31.0 Å². The Kier molecular flexibility index (Phi) is 6.49. The number of benzene rings is 3. The molecule has 186 valence electrons. The third-order valence-electron chi connectivity index (χ3n) is 5.94. The minimum atomic E-state index is -4.56. The summed E-state index contributed by atoms with van der Waals surface area (Å²) in [5.41, 5.74) is 0.460. The lowest BCUT2D eigenvalue weighted by Gasteiger charge is -2.26. The van der Waals surface area contributed by atoms with E-state index in [0.717, 1.165) is 34.7 Å². The first-order valence-corrected chi connectivity index (χ1v) is 10.8. The molecule has 1 heterocycles. The van der Waals surface area contributed by atoms with Crippen LogP contribution in [0.25, 0.3) is 5.76 Å². The van der Waals surface area contributed by atoms with Crippen LogP contribution in [0.2, 0.25) is 0 Å². The quantitative estimate of drug-likeness (QED) is 0.280. The molecule has 1 aliphatic rings. The number of alkyl halides is 3. The largest absolute Gasteiger partial charge is 0.507 e. The first-order valence-electron chi connectivity index (χ1n) is 10.8. The molecule has 1 aliphatic heterocycles. The van der Waals surface area contributed by atoms with Crippen LogP contribution in [0.5, 0.6) is 11.5 Å². The summed E-state index contributed by atoms with van der Waals surface area (Å²) >= 11 is 0. The van der Waals surface area contributed by atoms with Gasteiger partial charge in [-0.05, 0) is 48.9 Å². The van der Waals surface area contributed by atoms with Crippen LogP contribution in [0.1, 0.15) is 28.3 Å². The van der Waals surface area contributed by atoms with E-state index in [1.807, 2.05) is 13.0 Å². The topological polar surface area (TPSA) is 76.1 Å². The number of amides is 1. The van der Waals surface area contributed by atoms with Crippen molar-refractivity contribution in [2.45, 2.75) is 19.1 Å². The fourth-order valence-electron chi connectivity index (χ4n) is 4.20. The highest BCUT2D eigenvalue weighted by molar-refractivity contribution is 6.51. The molecule has 1 fully saturated rings. The number of hydrogen-bond donors (Lipinski definition) is 1. The first-order chi connectivity index (χ1) is 17.1. The van der Waals surface area contributed by atoms with E-state index in [1.54, 1.807) is 24.3 Å². The van der Waals surface area contributed by atoms with Gasteiger partial charge in [-0.2, -0.15) is 13.2 Å². The Hall–Kier alpha value is -4.27. The maximum absolute atomic E-state index is 13.3. The molecule has 9 heteroatoms. The van der Waals surface area contributed by atoms with Crippen LogP contribution in [0.4, 0.5) is 18.9 Å². The number of aryl methyl sites for hydroxylation is 1. The SMILES string of the molecule is COc1ccc(/C(O)=C2/C(=O)C(=O)N(c3ccc(C(F)(F)F)cc3)C2c2cccc(C)c2)c(OC)c1. The summed E-state index contributed by atoms with van der Waals surface area (Å²) in [6, 6.07) is 14.4. The Labute approximate surface area is 205 Å². The molecule has 0 aromatic heterocycles. The number of rotatable bonds is 5. The molecular weight excluding hydrogens is 475 g/mol. The van der Waals surface area contributed by atoms with Crippen molar-refractivity contribution in [3.8, 4) is 11.5 Å². The molecule has 4 rings (SSSR count). The Morgan fingerprint density at radius 2 is 1.64 bits per heavy atom. The molecule has 0 radical (unpaired) electrons. The molecule has 0 aliphatic carbocycles. The van der Waals surface area contributed by atoms with E-state index in [2.05, 4.69) is 0 Å². The predicted octanol–water partition coefficient (Wildman–Crippen LogP) is 5.66. The van der Waals surface area contributed by atoms with Crippen molar-refractivity contribution in [2.75, 3.05) is 19.1 Å². The minimum Gasteiger partial charge on any atom is -0.507 e. The average molecular weight is 497 g/mol. The third-order valence-corrected chi connectivity index (χ3v) is 5.94. The summed E-state index contributed by atoms with van der Waals surface area (Å²) in [6.45, 7) is 1.82. The average Bonchev–Trinajstić information content (AvgIpc) is 3.13. The summed E-state index contributed by atoms with van der Waals surface area (Å²) in [6.07, 6.45) is -4.56. The lowest BCUT2D eigenvalue weighted by Crippen LogP contribution is -2.29. The van der Waals surface area contributed by atoms with Gasteiger partial charge in [0.05, 0.1) is 37.0 Å². The van der Waals surface area contributed by atoms with Crippen LogP contribution >= 0.6 is 0 Å². The zero-order chi connectivity index (χ0) is 26.2. The summed E-state index contributed by atoms with van der Waals surface area (Å²) in [7, 11) is 2.84. The van der Waals surface area contributed by atoms with Gasteiger partial charge in [-0.1, -0.05) is 29.8 Å². The van der Waals surface area contributed by atoms with Gasteiger partial charge in [0.15, 0.2) is 0 Å². The summed E-state index contributed by atoms with van der Waals surface area (Å²) in [5, 5.41) is 11.3. The van der Waals surface area contributed by atoms with Gasteiger partial charge >= 0.3 is 6.18 Å². The van der Waals surface area contributed by atoms with Crippen LogP contribution < -0.4 is 14.4 Å². The molecule has 0 spiro atoms. The van der Waals surface area contributed by atoms with Gasteiger partial charge in [0.2, 0.25) is 0 Å². The van der Waals surface area contributed by atoms with Gasteiger partial charge < -0.3 is 14.6 Å². The van der Waals surface area contributed by atoms with E-state index < -0.39 is 35.2 Å². The fraction of sp³-hybridized carbons (Fsp3) is 0.185. The van der Waals surface area contributed by atoms with E-state index in [1.165, 1.54) is 26.4 Å². The minimum absolute atomic E-state index is 0.0809. The van der Waals surface area contributed by atoms with Crippen molar-refractivity contribution in [3.63, 3.8) is 0 Å². The molecule has 3 aromatic carbocycles. The van der Waals surface area contributed by atoms with Crippen LogP contribution in [-0.2, 0) is 15.8 Å². The lowest BCUT2D eigenvalue weighted by atomic mass is 9.94. The first kappa shape index (κ1) is 24.8. The molecule has 1 amide bonds. The zero-order valence-corrected chi connectivity index (χ0v) is 19.6. The molecule has 3 aromatic rings. The smallest absolute Gasteiger partial charge is 0.416 e. The molecular formula is C27H22F3NO5. The lowest BCUT2D eigenvalue weighted by molar-refractivity contribution is -0.137. The number of hydrogen-bond acceptors (Lipinski definition) is 5. The van der Waals surface area contributed by atoms with Crippen molar-refractivity contribution in [2.24, 2.45) is 0 Å². The summed E-state index contributed by atoms with van der Waals surface area (Å²) in [4.78, 5) is 27.6. The van der Waals surface area contributed by atoms with Gasteiger partial charge in [0.25, 0.3) is 11.7 Å². The Bertz CT molecular complexity index is 1360. The molecule has 0 bridgehead atoms. The molecule has 1 saturated heterocycles. The number of methoxy groups -OCH3 is 2. The van der Waals surface area contributed by atoms with Crippen molar-refractivity contribution >= 4 is 23.1 Å². The Balaban J connectivity index is 1.94. The zero-order valence-electron chi connectivity index (χ0n) is 19.6. The molecule has 1 unspecified atom stereocenters. The van der Waals surface area contributed by atoms with Crippen molar-refractivity contribution in [1.29, 1.82) is 0 Å². The van der Waals surface area contributed by atoms with E-state index in [4.69, 9.17) is 9.47 Å². The highest BCUT2D eigenvalue weighted by Gasteiger charge is 2.47. The second kappa shape index (κ2) is 9.41. The Morgan fingerprint density at radius 1 is 0.944 bits per heavy atom. The van der Waals surface area contributed by atoms with Crippen molar-refractivity contribution < 1.29 is 37.3 Å². The number of anilines is 1. The maximum Gasteiger partial charge on any atom is 0.416 e. The predicted molar refractivity (Wildman–Crippen MR) is 127 cm³/mol. The number of halogens is 3. The maximum atomic E-state index is 13.3. The number of aliphatic hydroxyl groups excluding tert-OH is 1. The fourth-order valence-corrected chi connectivity index (χ4v) is 4.20. The highest BCUT2D eigenvalue weighted by atomic mass is 19.4. The van der Waals surface area contributed by atoms with Crippen LogP contribution in [0, 0.1) is 6.92 Å². The second-order valence-electron chi connectivity index (χ2n) is 8.19. The van der Waals surface area contributed by atoms with E-state index >= 15 is 0 Å². The van der Waals surface area contributed by atoms with E-state index in [-0.39, 0.29) is 22.6 Å².